The summed E-state index contributed by atoms with van der Waals surface area (Å²) in [6.07, 6.45) is 9.67. The highest BCUT2D eigenvalue weighted by Crippen LogP contribution is 2.47. The average molecular weight is 531 g/mol. The van der Waals surface area contributed by atoms with Crippen molar-refractivity contribution >= 4 is 10.8 Å². The van der Waals surface area contributed by atoms with Crippen LogP contribution in [0.25, 0.3) is 33.3 Å². The molecule has 0 saturated carbocycles. The number of nitrogens with zero attached hydrogens (tertiary/aromatic N) is 4. The minimum absolute atomic E-state index is 0.0860. The van der Waals surface area contributed by atoms with Crippen LogP contribution in [0.15, 0.2) is 146 Å². The Labute approximate surface area is 240 Å². The molecular weight excluding hydrogens is 500 g/mol. The van der Waals surface area contributed by atoms with Crippen LogP contribution in [-0.4, -0.2) is 20.2 Å². The van der Waals surface area contributed by atoms with E-state index in [0.717, 1.165) is 40.1 Å². The Bertz CT molecular complexity index is 1830. The lowest BCUT2D eigenvalue weighted by molar-refractivity contribution is 0.290. The second-order valence-electron chi connectivity index (χ2n) is 10.6. The van der Waals surface area contributed by atoms with Crippen LogP contribution in [0.2, 0.25) is 0 Å². The predicted octanol–water partition coefficient (Wildman–Crippen LogP) is 8.39. The fourth-order valence-corrected chi connectivity index (χ4v) is 6.35. The van der Waals surface area contributed by atoms with Crippen LogP contribution in [0.3, 0.4) is 0 Å². The van der Waals surface area contributed by atoms with Gasteiger partial charge in [-0.15, -0.1) is 5.10 Å². The Morgan fingerprint density at radius 2 is 1.39 bits per heavy atom. The van der Waals surface area contributed by atoms with E-state index in [1.807, 2.05) is 0 Å². The van der Waals surface area contributed by atoms with Crippen LogP contribution in [0, 0.1) is 12.8 Å². The summed E-state index contributed by atoms with van der Waals surface area (Å²) in [6, 6.07) is 43.0. The minimum Gasteiger partial charge on any atom is -0.209 e. The molecule has 0 aliphatic heterocycles. The van der Waals surface area contributed by atoms with Gasteiger partial charge in [0.1, 0.15) is 5.54 Å². The molecule has 4 heteroatoms. The quantitative estimate of drug-likeness (QED) is 0.217. The van der Waals surface area contributed by atoms with Crippen LogP contribution in [0.4, 0.5) is 0 Å². The van der Waals surface area contributed by atoms with Gasteiger partial charge in [-0.1, -0.05) is 145 Å². The lowest BCUT2D eigenvalue weighted by Crippen LogP contribution is -2.44. The number of aromatic nitrogens is 4. The maximum Gasteiger partial charge on any atom is 0.183 e. The van der Waals surface area contributed by atoms with Gasteiger partial charge in [-0.25, -0.2) is 4.68 Å². The molecule has 0 bridgehead atoms. The summed E-state index contributed by atoms with van der Waals surface area (Å²) in [6.45, 7) is 2.12. The summed E-state index contributed by atoms with van der Waals surface area (Å²) in [7, 11) is 0. The molecule has 6 aromatic rings. The normalized spacial score (nSPS) is 14.9. The third-order valence-corrected chi connectivity index (χ3v) is 8.26. The first-order chi connectivity index (χ1) is 20.3. The standard InChI is InChI=1S/C37H30N4/c1-27-21-23-29(24-22-27)35-33-20-12-11-13-28(33)25-26-34(35)36-38-39-40-41(36)37(30-14-5-2-6-15-30,31-16-7-3-8-17-31)32-18-9-4-10-19-32/h2-18,20-26,32H,19H2,1H3. The monoisotopic (exact) mass is 530 g/mol. The van der Waals surface area contributed by atoms with Crippen molar-refractivity contribution in [3.8, 4) is 22.5 Å². The molecule has 7 rings (SSSR count). The average Bonchev–Trinajstić information content (AvgIpc) is 3.53. The zero-order valence-electron chi connectivity index (χ0n) is 22.9. The Hall–Kier alpha value is -5.09. The number of hydrogen-bond donors (Lipinski definition) is 0. The molecule has 41 heavy (non-hydrogen) atoms. The summed E-state index contributed by atoms with van der Waals surface area (Å²) >= 11 is 0. The van der Waals surface area contributed by atoms with E-state index in [1.54, 1.807) is 0 Å². The molecule has 0 radical (unpaired) electrons. The van der Waals surface area contributed by atoms with E-state index in [-0.39, 0.29) is 5.92 Å². The summed E-state index contributed by atoms with van der Waals surface area (Å²) in [4.78, 5) is 0. The second-order valence-corrected chi connectivity index (χ2v) is 10.6. The number of aryl methyl sites for hydroxylation is 1. The molecule has 5 aromatic carbocycles. The molecule has 1 aromatic heterocycles. The SMILES string of the molecule is Cc1ccc(-c2c(-c3nnnn3C(c3ccccc3)(c3ccccc3)C3C=CC=CC3)ccc3ccccc23)cc1. The van der Waals surface area contributed by atoms with Gasteiger partial charge >= 0.3 is 0 Å². The van der Waals surface area contributed by atoms with Crippen molar-refractivity contribution in [1.82, 2.24) is 20.2 Å². The smallest absolute Gasteiger partial charge is 0.183 e. The summed E-state index contributed by atoms with van der Waals surface area (Å²) in [5.41, 5.74) is 6.10. The fraction of sp³-hybridized carbons (Fsp3) is 0.108. The van der Waals surface area contributed by atoms with Crippen LogP contribution in [0.5, 0.6) is 0 Å². The highest BCUT2D eigenvalue weighted by molar-refractivity contribution is 6.03. The predicted molar refractivity (Wildman–Crippen MR) is 166 cm³/mol. The number of hydrogen-bond acceptors (Lipinski definition) is 3. The number of benzene rings is 5. The van der Waals surface area contributed by atoms with Crippen molar-refractivity contribution in [3.63, 3.8) is 0 Å². The third-order valence-electron chi connectivity index (χ3n) is 8.26. The molecule has 1 atom stereocenters. The van der Waals surface area contributed by atoms with Gasteiger partial charge in [0.15, 0.2) is 5.82 Å². The molecule has 198 valence electrons. The van der Waals surface area contributed by atoms with Crippen LogP contribution >= 0.6 is 0 Å². The lowest BCUT2D eigenvalue weighted by atomic mass is 9.70. The van der Waals surface area contributed by atoms with Gasteiger partial charge in [-0.2, -0.15) is 0 Å². The van der Waals surface area contributed by atoms with Crippen molar-refractivity contribution in [2.75, 3.05) is 0 Å². The number of tetrazole rings is 1. The number of fused-ring (bicyclic) bond motifs is 1. The van der Waals surface area contributed by atoms with Crippen molar-refractivity contribution in [1.29, 1.82) is 0 Å². The van der Waals surface area contributed by atoms with Crippen molar-refractivity contribution < 1.29 is 0 Å². The molecule has 1 aliphatic rings. The summed E-state index contributed by atoms with van der Waals surface area (Å²) < 4.78 is 2.08. The molecule has 0 spiro atoms. The molecule has 0 fully saturated rings. The van der Waals surface area contributed by atoms with E-state index >= 15 is 0 Å². The summed E-state index contributed by atoms with van der Waals surface area (Å²) in [5.74, 6) is 0.824. The molecule has 1 aliphatic carbocycles. The van der Waals surface area contributed by atoms with Crippen molar-refractivity contribution in [2.24, 2.45) is 5.92 Å². The van der Waals surface area contributed by atoms with Crippen molar-refractivity contribution in [2.45, 2.75) is 18.9 Å². The van der Waals surface area contributed by atoms with E-state index in [0.29, 0.717) is 0 Å². The fourth-order valence-electron chi connectivity index (χ4n) is 6.35. The van der Waals surface area contributed by atoms with Crippen LogP contribution in [0.1, 0.15) is 23.1 Å². The first-order valence-electron chi connectivity index (χ1n) is 14.1. The Balaban J connectivity index is 1.57. The second kappa shape index (κ2) is 10.5. The molecule has 1 heterocycles. The van der Waals surface area contributed by atoms with E-state index in [1.165, 1.54) is 16.3 Å². The van der Waals surface area contributed by atoms with E-state index in [2.05, 4.69) is 162 Å². The first kappa shape index (κ1) is 24.9. The van der Waals surface area contributed by atoms with E-state index < -0.39 is 5.54 Å². The van der Waals surface area contributed by atoms with E-state index in [4.69, 9.17) is 10.3 Å². The molecule has 0 amide bonds. The van der Waals surface area contributed by atoms with Crippen molar-refractivity contribution in [3.05, 3.63) is 162 Å². The van der Waals surface area contributed by atoms with Gasteiger partial charge in [0, 0.05) is 17.0 Å². The maximum atomic E-state index is 4.82. The zero-order chi connectivity index (χ0) is 27.6. The highest BCUT2D eigenvalue weighted by Gasteiger charge is 2.46. The van der Waals surface area contributed by atoms with Gasteiger partial charge in [0.05, 0.1) is 0 Å². The molecule has 0 N–H and O–H groups in total. The molecular formula is C37H30N4. The van der Waals surface area contributed by atoms with Gasteiger partial charge in [0.2, 0.25) is 0 Å². The Morgan fingerprint density at radius 1 is 0.707 bits per heavy atom. The third kappa shape index (κ3) is 4.20. The number of rotatable bonds is 6. The molecule has 0 saturated heterocycles. The Kier molecular flexibility index (Phi) is 6.36. The number of allylic oxidation sites excluding steroid dienone is 4. The van der Waals surface area contributed by atoms with E-state index in [9.17, 15) is 0 Å². The molecule has 4 nitrogen and oxygen atoms in total. The Morgan fingerprint density at radius 3 is 2.07 bits per heavy atom. The van der Waals surface area contributed by atoms with Gasteiger partial charge in [-0.05, 0) is 57.3 Å². The largest absolute Gasteiger partial charge is 0.209 e. The van der Waals surface area contributed by atoms with Gasteiger partial charge < -0.3 is 0 Å². The van der Waals surface area contributed by atoms with Crippen LogP contribution < -0.4 is 0 Å². The first-order valence-corrected chi connectivity index (χ1v) is 14.1. The van der Waals surface area contributed by atoms with Gasteiger partial charge in [0.25, 0.3) is 0 Å². The molecule has 1 unspecified atom stereocenters. The minimum atomic E-state index is -0.682. The topological polar surface area (TPSA) is 43.6 Å². The maximum absolute atomic E-state index is 4.82. The zero-order valence-corrected chi connectivity index (χ0v) is 22.9. The van der Waals surface area contributed by atoms with Crippen LogP contribution in [-0.2, 0) is 5.54 Å². The lowest BCUT2D eigenvalue weighted by Gasteiger charge is -2.41. The highest BCUT2D eigenvalue weighted by atomic mass is 15.6. The summed E-state index contributed by atoms with van der Waals surface area (Å²) in [5, 5.41) is 16.3. The van der Waals surface area contributed by atoms with Gasteiger partial charge in [-0.3, -0.25) is 0 Å².